The summed E-state index contributed by atoms with van der Waals surface area (Å²) in [5.74, 6) is 0.576. The van der Waals surface area contributed by atoms with Crippen molar-refractivity contribution in [1.82, 2.24) is 4.90 Å². The third-order valence-corrected chi connectivity index (χ3v) is 3.10. The molecule has 0 saturated carbocycles. The topological polar surface area (TPSA) is 6.48 Å². The first-order valence-electron chi connectivity index (χ1n) is 6.38. The van der Waals surface area contributed by atoms with Gasteiger partial charge in [0.15, 0.2) is 0 Å². The maximum absolute atomic E-state index is 2.36. The van der Waals surface area contributed by atoms with Crippen LogP contribution in [0.5, 0.6) is 0 Å². The van der Waals surface area contributed by atoms with E-state index in [1.54, 1.807) is 0 Å². The SMILES string of the molecule is Cc1ccc(C(C)C)c(N(C)CCN(C)C)c1. The van der Waals surface area contributed by atoms with Gasteiger partial charge in [-0.25, -0.2) is 0 Å². The van der Waals surface area contributed by atoms with Gasteiger partial charge in [0.2, 0.25) is 0 Å². The molecule has 0 aliphatic heterocycles. The fourth-order valence-electron chi connectivity index (χ4n) is 1.94. The first-order chi connectivity index (χ1) is 7.91. The molecule has 0 aliphatic rings. The Morgan fingerprint density at radius 2 is 1.71 bits per heavy atom. The largest absolute Gasteiger partial charge is 0.373 e. The molecule has 2 heteroatoms. The number of anilines is 1. The van der Waals surface area contributed by atoms with Gasteiger partial charge in [-0.2, -0.15) is 0 Å². The molecule has 0 unspecified atom stereocenters. The molecule has 0 heterocycles. The lowest BCUT2D eigenvalue weighted by Gasteiger charge is -2.26. The maximum atomic E-state index is 2.36. The van der Waals surface area contributed by atoms with Crippen LogP contribution in [0.2, 0.25) is 0 Å². The van der Waals surface area contributed by atoms with Gasteiger partial charge in [-0.05, 0) is 44.1 Å². The van der Waals surface area contributed by atoms with Gasteiger partial charge in [0.05, 0.1) is 0 Å². The predicted octanol–water partition coefficient (Wildman–Crippen LogP) is 3.12. The summed E-state index contributed by atoms with van der Waals surface area (Å²) < 4.78 is 0. The summed E-state index contributed by atoms with van der Waals surface area (Å²) in [6, 6.07) is 6.77. The van der Waals surface area contributed by atoms with Crippen molar-refractivity contribution in [2.45, 2.75) is 26.7 Å². The first-order valence-corrected chi connectivity index (χ1v) is 6.38. The molecule has 96 valence electrons. The maximum Gasteiger partial charge on any atom is 0.0401 e. The van der Waals surface area contributed by atoms with Crippen molar-refractivity contribution < 1.29 is 0 Å². The molecule has 0 bridgehead atoms. The monoisotopic (exact) mass is 234 g/mol. The number of rotatable bonds is 5. The molecule has 17 heavy (non-hydrogen) atoms. The molecule has 0 aliphatic carbocycles. The van der Waals surface area contributed by atoms with Crippen LogP contribution in [0, 0.1) is 6.92 Å². The molecule has 0 fully saturated rings. The third kappa shape index (κ3) is 4.04. The van der Waals surface area contributed by atoms with Gasteiger partial charge in [-0.1, -0.05) is 26.0 Å². The van der Waals surface area contributed by atoms with Crippen molar-refractivity contribution in [1.29, 1.82) is 0 Å². The van der Waals surface area contributed by atoms with E-state index in [1.807, 2.05) is 0 Å². The van der Waals surface area contributed by atoms with E-state index in [0.717, 1.165) is 13.1 Å². The van der Waals surface area contributed by atoms with Crippen molar-refractivity contribution >= 4 is 5.69 Å². The number of likely N-dealkylation sites (N-methyl/N-ethyl adjacent to an activating group) is 2. The van der Waals surface area contributed by atoms with Gasteiger partial charge in [0, 0.05) is 25.8 Å². The molecule has 1 aromatic carbocycles. The van der Waals surface area contributed by atoms with Crippen LogP contribution in [0.1, 0.15) is 30.9 Å². The molecule has 1 aromatic rings. The molecule has 0 aromatic heterocycles. The average molecular weight is 234 g/mol. The summed E-state index contributed by atoms with van der Waals surface area (Å²) in [5, 5.41) is 0. The Balaban J connectivity index is 2.90. The molecular weight excluding hydrogens is 208 g/mol. The average Bonchev–Trinajstić information content (AvgIpc) is 2.25. The lowest BCUT2D eigenvalue weighted by Crippen LogP contribution is -2.29. The van der Waals surface area contributed by atoms with Gasteiger partial charge in [0.25, 0.3) is 0 Å². The van der Waals surface area contributed by atoms with E-state index in [1.165, 1.54) is 16.8 Å². The Hall–Kier alpha value is -1.02. The highest BCUT2D eigenvalue weighted by Crippen LogP contribution is 2.27. The fraction of sp³-hybridized carbons (Fsp3) is 0.600. The third-order valence-electron chi connectivity index (χ3n) is 3.10. The van der Waals surface area contributed by atoms with Crippen molar-refractivity contribution in [2.24, 2.45) is 0 Å². The van der Waals surface area contributed by atoms with Crippen LogP contribution < -0.4 is 4.90 Å². The van der Waals surface area contributed by atoms with Gasteiger partial charge >= 0.3 is 0 Å². The van der Waals surface area contributed by atoms with E-state index in [9.17, 15) is 0 Å². The summed E-state index contributed by atoms with van der Waals surface area (Å²) in [7, 11) is 6.42. The number of hydrogen-bond acceptors (Lipinski definition) is 2. The summed E-state index contributed by atoms with van der Waals surface area (Å²) in [6.07, 6.45) is 0. The van der Waals surface area contributed by atoms with Crippen molar-refractivity contribution in [2.75, 3.05) is 39.1 Å². The highest BCUT2D eigenvalue weighted by Gasteiger charge is 2.10. The molecule has 0 radical (unpaired) electrons. The van der Waals surface area contributed by atoms with Gasteiger partial charge < -0.3 is 9.80 Å². The van der Waals surface area contributed by atoms with Gasteiger partial charge in [0.1, 0.15) is 0 Å². The Morgan fingerprint density at radius 1 is 1.06 bits per heavy atom. The Morgan fingerprint density at radius 3 is 2.24 bits per heavy atom. The Labute approximate surface area is 106 Å². The second-order valence-corrected chi connectivity index (χ2v) is 5.44. The predicted molar refractivity (Wildman–Crippen MR) is 77.1 cm³/mol. The Bertz CT molecular complexity index is 356. The summed E-state index contributed by atoms with van der Waals surface area (Å²) in [4.78, 5) is 4.59. The standard InChI is InChI=1S/C15H26N2/c1-12(2)14-8-7-13(3)11-15(14)17(6)10-9-16(4)5/h7-8,11-12H,9-10H2,1-6H3. The van der Waals surface area contributed by atoms with Crippen molar-refractivity contribution in [3.8, 4) is 0 Å². The Kier molecular flexibility index (Phi) is 5.01. The van der Waals surface area contributed by atoms with E-state index in [0.29, 0.717) is 5.92 Å². The van der Waals surface area contributed by atoms with E-state index >= 15 is 0 Å². The highest BCUT2D eigenvalue weighted by atomic mass is 15.2. The van der Waals surface area contributed by atoms with Crippen molar-refractivity contribution in [3.05, 3.63) is 29.3 Å². The van der Waals surface area contributed by atoms with Crippen LogP contribution in [0.25, 0.3) is 0 Å². The first kappa shape index (κ1) is 14.0. The normalized spacial score (nSPS) is 11.3. The van der Waals surface area contributed by atoms with Crippen LogP contribution in [0.3, 0.4) is 0 Å². The van der Waals surface area contributed by atoms with Crippen LogP contribution in [0.4, 0.5) is 5.69 Å². The van der Waals surface area contributed by atoms with Gasteiger partial charge in [-0.3, -0.25) is 0 Å². The van der Waals surface area contributed by atoms with Crippen LogP contribution >= 0.6 is 0 Å². The van der Waals surface area contributed by atoms with Crippen LogP contribution in [-0.4, -0.2) is 39.1 Å². The molecule has 1 rings (SSSR count). The van der Waals surface area contributed by atoms with E-state index in [-0.39, 0.29) is 0 Å². The van der Waals surface area contributed by atoms with E-state index in [4.69, 9.17) is 0 Å². The molecule has 2 nitrogen and oxygen atoms in total. The smallest absolute Gasteiger partial charge is 0.0401 e. The zero-order chi connectivity index (χ0) is 13.0. The van der Waals surface area contributed by atoms with Crippen LogP contribution in [0.15, 0.2) is 18.2 Å². The fourth-order valence-corrected chi connectivity index (χ4v) is 1.94. The summed E-state index contributed by atoms with van der Waals surface area (Å²) in [6.45, 7) is 8.83. The molecule has 0 amide bonds. The van der Waals surface area contributed by atoms with Crippen molar-refractivity contribution in [3.63, 3.8) is 0 Å². The second kappa shape index (κ2) is 6.06. The molecular formula is C15H26N2. The number of hydrogen-bond donors (Lipinski definition) is 0. The minimum Gasteiger partial charge on any atom is -0.373 e. The molecule has 0 N–H and O–H groups in total. The number of aryl methyl sites for hydroxylation is 1. The number of benzene rings is 1. The molecule has 0 spiro atoms. The zero-order valence-electron chi connectivity index (χ0n) is 12.1. The quantitative estimate of drug-likeness (QED) is 0.772. The summed E-state index contributed by atoms with van der Waals surface area (Å²) >= 11 is 0. The van der Waals surface area contributed by atoms with Crippen LogP contribution in [-0.2, 0) is 0 Å². The lowest BCUT2D eigenvalue weighted by molar-refractivity contribution is 0.416. The highest BCUT2D eigenvalue weighted by molar-refractivity contribution is 5.56. The molecule has 0 saturated heterocycles. The number of nitrogens with zero attached hydrogens (tertiary/aromatic N) is 2. The minimum atomic E-state index is 0.576. The van der Waals surface area contributed by atoms with E-state index in [2.05, 4.69) is 69.9 Å². The minimum absolute atomic E-state index is 0.576. The molecule has 0 atom stereocenters. The lowest BCUT2D eigenvalue weighted by atomic mass is 9.99. The zero-order valence-corrected chi connectivity index (χ0v) is 12.1. The van der Waals surface area contributed by atoms with E-state index < -0.39 is 0 Å². The summed E-state index contributed by atoms with van der Waals surface area (Å²) in [5.41, 5.74) is 4.15. The second-order valence-electron chi connectivity index (χ2n) is 5.44. The van der Waals surface area contributed by atoms with Gasteiger partial charge in [-0.15, -0.1) is 0 Å².